The molecule has 0 spiro atoms. The van der Waals surface area contributed by atoms with Crippen molar-refractivity contribution in [3.8, 4) is 0 Å². The first-order valence-corrected chi connectivity index (χ1v) is 7.01. The average Bonchev–Trinajstić information content (AvgIpc) is 2.77. The maximum Gasteiger partial charge on any atom is 0.135 e. The molecule has 4 nitrogen and oxygen atoms in total. The van der Waals surface area contributed by atoms with Gasteiger partial charge in [-0.15, -0.1) is 11.3 Å². The molecule has 0 amide bonds. The van der Waals surface area contributed by atoms with E-state index in [0.29, 0.717) is 6.42 Å². The smallest absolute Gasteiger partial charge is 0.135 e. The summed E-state index contributed by atoms with van der Waals surface area (Å²) in [5, 5.41) is 3.11. The molecule has 5 heteroatoms. The van der Waals surface area contributed by atoms with Crippen molar-refractivity contribution in [2.45, 2.75) is 39.2 Å². The molecule has 0 bridgehead atoms. The van der Waals surface area contributed by atoms with Gasteiger partial charge in [-0.2, -0.15) is 0 Å². The fourth-order valence-electron chi connectivity index (χ4n) is 1.64. The van der Waals surface area contributed by atoms with Gasteiger partial charge in [0.15, 0.2) is 0 Å². The van der Waals surface area contributed by atoms with Gasteiger partial charge in [-0.1, -0.05) is 6.92 Å². The lowest BCUT2D eigenvalue weighted by Crippen LogP contribution is -2.21. The molecule has 0 aliphatic rings. The molecule has 0 saturated carbocycles. The number of aromatic nitrogens is 3. The molecule has 2 aromatic heterocycles. The zero-order valence-electron chi connectivity index (χ0n) is 10.8. The van der Waals surface area contributed by atoms with Crippen LogP contribution in [0, 0.1) is 6.92 Å². The van der Waals surface area contributed by atoms with Crippen molar-refractivity contribution < 1.29 is 0 Å². The summed E-state index contributed by atoms with van der Waals surface area (Å²) in [7, 11) is 0. The Morgan fingerprint density at radius 1 is 1.33 bits per heavy atom. The second-order valence-electron chi connectivity index (χ2n) is 4.44. The summed E-state index contributed by atoms with van der Waals surface area (Å²) in [6.07, 6.45) is 6.27. The molecule has 0 aliphatic heterocycles. The van der Waals surface area contributed by atoms with Gasteiger partial charge in [0.2, 0.25) is 0 Å². The summed E-state index contributed by atoms with van der Waals surface area (Å²) in [6.45, 7) is 4.08. The normalized spacial score (nSPS) is 12.6. The van der Waals surface area contributed by atoms with Crippen molar-refractivity contribution in [1.82, 2.24) is 15.0 Å². The van der Waals surface area contributed by atoms with E-state index >= 15 is 0 Å². The van der Waals surface area contributed by atoms with Gasteiger partial charge in [-0.25, -0.2) is 15.0 Å². The molecule has 0 saturated heterocycles. The van der Waals surface area contributed by atoms with Crippen LogP contribution in [-0.2, 0) is 12.8 Å². The summed E-state index contributed by atoms with van der Waals surface area (Å²) < 4.78 is 0. The minimum atomic E-state index is 0.195. The first kappa shape index (κ1) is 13.1. The quantitative estimate of drug-likeness (QED) is 0.896. The minimum absolute atomic E-state index is 0.195. The molecule has 2 aromatic rings. The molecule has 2 rings (SSSR count). The standard InChI is InChI=1S/C13H18N4S/c1-3-11(14)4-10-6-15-12(16-7-10)5-13-17-9(2)8-18-13/h6-8,11H,3-5,14H2,1-2H3. The Labute approximate surface area is 111 Å². The minimum Gasteiger partial charge on any atom is -0.327 e. The number of aryl methyl sites for hydroxylation is 1. The molecular formula is C13H18N4S. The Hall–Kier alpha value is -1.33. The highest BCUT2D eigenvalue weighted by Gasteiger charge is 2.05. The van der Waals surface area contributed by atoms with E-state index in [-0.39, 0.29) is 6.04 Å². The van der Waals surface area contributed by atoms with Crippen LogP contribution in [0.4, 0.5) is 0 Å². The Morgan fingerprint density at radius 3 is 2.61 bits per heavy atom. The van der Waals surface area contributed by atoms with Crippen LogP contribution in [0.2, 0.25) is 0 Å². The molecule has 2 N–H and O–H groups in total. The van der Waals surface area contributed by atoms with Crippen LogP contribution >= 0.6 is 11.3 Å². The number of rotatable bonds is 5. The van der Waals surface area contributed by atoms with Crippen molar-refractivity contribution in [2.24, 2.45) is 5.73 Å². The predicted octanol–water partition coefficient (Wildman–Crippen LogP) is 2.11. The van der Waals surface area contributed by atoms with Gasteiger partial charge in [0.05, 0.1) is 6.42 Å². The maximum atomic E-state index is 5.91. The van der Waals surface area contributed by atoms with E-state index in [9.17, 15) is 0 Å². The van der Waals surface area contributed by atoms with Crippen LogP contribution in [0.3, 0.4) is 0 Å². The van der Waals surface area contributed by atoms with Crippen LogP contribution < -0.4 is 5.73 Å². The van der Waals surface area contributed by atoms with E-state index in [0.717, 1.165) is 34.9 Å². The van der Waals surface area contributed by atoms with Crippen molar-refractivity contribution in [1.29, 1.82) is 0 Å². The maximum absolute atomic E-state index is 5.91. The average molecular weight is 262 g/mol. The van der Waals surface area contributed by atoms with Crippen LogP contribution in [0.5, 0.6) is 0 Å². The van der Waals surface area contributed by atoms with Crippen molar-refractivity contribution >= 4 is 11.3 Å². The van der Waals surface area contributed by atoms with Crippen LogP contribution in [0.1, 0.15) is 35.4 Å². The third-order valence-corrected chi connectivity index (χ3v) is 3.72. The summed E-state index contributed by atoms with van der Waals surface area (Å²) in [5.41, 5.74) is 8.06. The summed E-state index contributed by atoms with van der Waals surface area (Å²) in [6, 6.07) is 0.195. The predicted molar refractivity (Wildman–Crippen MR) is 73.7 cm³/mol. The Bertz CT molecular complexity index is 492. The Kier molecular flexibility index (Phi) is 4.38. The van der Waals surface area contributed by atoms with Gasteiger partial charge in [0.1, 0.15) is 10.8 Å². The van der Waals surface area contributed by atoms with E-state index in [2.05, 4.69) is 21.9 Å². The lowest BCUT2D eigenvalue weighted by Gasteiger charge is -2.07. The molecule has 1 unspecified atom stereocenters. The largest absolute Gasteiger partial charge is 0.327 e. The lowest BCUT2D eigenvalue weighted by atomic mass is 10.1. The number of hydrogen-bond acceptors (Lipinski definition) is 5. The zero-order chi connectivity index (χ0) is 13.0. The zero-order valence-corrected chi connectivity index (χ0v) is 11.6. The first-order chi connectivity index (χ1) is 8.67. The summed E-state index contributed by atoms with van der Waals surface area (Å²) in [5.74, 6) is 0.818. The highest BCUT2D eigenvalue weighted by molar-refractivity contribution is 7.09. The van der Waals surface area contributed by atoms with E-state index in [4.69, 9.17) is 5.73 Å². The van der Waals surface area contributed by atoms with Gasteiger partial charge in [0.25, 0.3) is 0 Å². The number of thiazole rings is 1. The van der Waals surface area contributed by atoms with Crippen molar-refractivity contribution in [3.05, 3.63) is 39.9 Å². The van der Waals surface area contributed by atoms with Crippen LogP contribution in [-0.4, -0.2) is 21.0 Å². The highest BCUT2D eigenvalue weighted by atomic mass is 32.1. The topological polar surface area (TPSA) is 64.7 Å². The SMILES string of the molecule is CCC(N)Cc1cnc(Cc2nc(C)cs2)nc1. The molecule has 0 aromatic carbocycles. The molecule has 0 fully saturated rings. The van der Waals surface area contributed by atoms with Crippen molar-refractivity contribution in [2.75, 3.05) is 0 Å². The molecule has 96 valence electrons. The van der Waals surface area contributed by atoms with Gasteiger partial charge >= 0.3 is 0 Å². The lowest BCUT2D eigenvalue weighted by molar-refractivity contribution is 0.642. The molecular weight excluding hydrogens is 244 g/mol. The fraction of sp³-hybridized carbons (Fsp3) is 0.462. The third-order valence-electron chi connectivity index (χ3n) is 2.76. The first-order valence-electron chi connectivity index (χ1n) is 6.13. The molecule has 1 atom stereocenters. The molecule has 2 heterocycles. The van der Waals surface area contributed by atoms with Crippen molar-refractivity contribution in [3.63, 3.8) is 0 Å². The monoisotopic (exact) mass is 262 g/mol. The highest BCUT2D eigenvalue weighted by Crippen LogP contribution is 2.12. The third kappa shape index (κ3) is 3.58. The Morgan fingerprint density at radius 2 is 2.06 bits per heavy atom. The Balaban J connectivity index is 1.99. The second kappa shape index (κ2) is 6.02. The molecule has 18 heavy (non-hydrogen) atoms. The van der Waals surface area contributed by atoms with Gasteiger partial charge in [-0.3, -0.25) is 0 Å². The summed E-state index contributed by atoms with van der Waals surface area (Å²) in [4.78, 5) is 13.1. The van der Waals surface area contributed by atoms with Gasteiger partial charge in [0, 0.05) is 29.5 Å². The molecule has 0 aliphatic carbocycles. The van der Waals surface area contributed by atoms with Crippen LogP contribution in [0.15, 0.2) is 17.8 Å². The number of nitrogens with zero attached hydrogens (tertiary/aromatic N) is 3. The fourth-order valence-corrected chi connectivity index (χ4v) is 2.41. The van der Waals surface area contributed by atoms with Crippen LogP contribution in [0.25, 0.3) is 0 Å². The number of nitrogens with two attached hydrogens (primary N) is 1. The summed E-state index contributed by atoms with van der Waals surface area (Å²) >= 11 is 1.65. The van der Waals surface area contributed by atoms with Gasteiger partial charge < -0.3 is 5.73 Å². The molecule has 0 radical (unpaired) electrons. The van der Waals surface area contributed by atoms with E-state index < -0.39 is 0 Å². The second-order valence-corrected chi connectivity index (χ2v) is 5.38. The van der Waals surface area contributed by atoms with Gasteiger partial charge in [-0.05, 0) is 25.3 Å². The van der Waals surface area contributed by atoms with E-state index in [1.54, 1.807) is 11.3 Å². The van der Waals surface area contributed by atoms with E-state index in [1.165, 1.54) is 0 Å². The number of hydrogen-bond donors (Lipinski definition) is 1. The van der Waals surface area contributed by atoms with E-state index in [1.807, 2.05) is 24.7 Å².